The summed E-state index contributed by atoms with van der Waals surface area (Å²) in [6.07, 6.45) is -0.0858. The highest BCUT2D eigenvalue weighted by Crippen LogP contribution is 2.40. The molecule has 1 fully saturated rings. The Hall–Kier alpha value is -4.74. The molecule has 0 saturated carbocycles. The number of carbonyl (C=O) groups excluding carboxylic acids is 1. The van der Waals surface area contributed by atoms with Crippen molar-refractivity contribution < 1.29 is 26.7 Å². The molecule has 15 heteroatoms. The predicted molar refractivity (Wildman–Crippen MR) is 129 cm³/mol. The molecule has 1 aliphatic heterocycles. The molecule has 5 rings (SSSR count). The molecule has 4 N–H and O–H groups in total. The van der Waals surface area contributed by atoms with Crippen molar-refractivity contribution in [2.24, 2.45) is 0 Å². The van der Waals surface area contributed by atoms with Gasteiger partial charge in [-0.15, -0.1) is 0 Å². The van der Waals surface area contributed by atoms with Gasteiger partial charge in [0.25, 0.3) is 5.91 Å². The van der Waals surface area contributed by atoms with Crippen LogP contribution in [0.3, 0.4) is 0 Å². The zero-order chi connectivity index (χ0) is 28.1. The minimum atomic E-state index is -4.75. The van der Waals surface area contributed by atoms with Gasteiger partial charge in [-0.2, -0.15) is 23.5 Å². The SMILES string of the molecule is C[C@H](NC(=O)c1cc(F)c(N2CC(CC#N)(n3cc(-c4ncnc5[nH]ccc45)c(N)n3)C2)cc1F)C(F)(F)F. The average Bonchev–Trinajstić information content (AvgIpc) is 3.48. The molecule has 202 valence electrons. The van der Waals surface area contributed by atoms with Crippen LogP contribution in [0.15, 0.2) is 36.9 Å². The number of nitriles is 1. The van der Waals surface area contributed by atoms with E-state index in [1.807, 2.05) is 0 Å². The summed E-state index contributed by atoms with van der Waals surface area (Å²) in [7, 11) is 0. The van der Waals surface area contributed by atoms with Gasteiger partial charge in [0.1, 0.15) is 35.2 Å². The van der Waals surface area contributed by atoms with E-state index < -0.39 is 40.9 Å². The number of fused-ring (bicyclic) bond motifs is 1. The van der Waals surface area contributed by atoms with Crippen LogP contribution in [0.2, 0.25) is 0 Å². The van der Waals surface area contributed by atoms with E-state index in [1.54, 1.807) is 23.8 Å². The fourth-order valence-electron chi connectivity index (χ4n) is 4.53. The summed E-state index contributed by atoms with van der Waals surface area (Å²) in [6.45, 7) is 0.767. The Morgan fingerprint density at radius 1 is 1.28 bits per heavy atom. The number of amides is 1. The number of nitrogens with one attached hydrogen (secondary N) is 2. The first-order chi connectivity index (χ1) is 18.4. The molecule has 0 radical (unpaired) electrons. The predicted octanol–water partition coefficient (Wildman–Crippen LogP) is 3.49. The van der Waals surface area contributed by atoms with E-state index in [-0.39, 0.29) is 31.0 Å². The second-order valence-corrected chi connectivity index (χ2v) is 9.27. The van der Waals surface area contributed by atoms with Crippen LogP contribution in [-0.2, 0) is 5.54 Å². The molecular formula is C24H20F5N9O. The minimum absolute atomic E-state index is 0.0344. The Labute approximate surface area is 217 Å². The molecular weight excluding hydrogens is 525 g/mol. The van der Waals surface area contributed by atoms with Crippen molar-refractivity contribution in [3.8, 4) is 17.3 Å². The molecule has 4 aromatic rings. The normalized spacial score (nSPS) is 15.6. The highest BCUT2D eigenvalue weighted by Gasteiger charge is 2.47. The smallest absolute Gasteiger partial charge is 0.382 e. The number of alkyl halides is 3. The second kappa shape index (κ2) is 9.22. The molecule has 1 amide bonds. The van der Waals surface area contributed by atoms with Crippen molar-refractivity contribution in [1.82, 2.24) is 30.0 Å². The van der Waals surface area contributed by atoms with Crippen LogP contribution in [0.5, 0.6) is 0 Å². The van der Waals surface area contributed by atoms with Crippen LogP contribution in [0.1, 0.15) is 23.7 Å². The van der Waals surface area contributed by atoms with E-state index in [9.17, 15) is 32.0 Å². The summed E-state index contributed by atoms with van der Waals surface area (Å²) in [6, 6.07) is 2.90. The number of H-pyrrole nitrogens is 1. The lowest BCUT2D eigenvalue weighted by molar-refractivity contribution is -0.149. The molecule has 1 atom stereocenters. The third-order valence-electron chi connectivity index (χ3n) is 6.68. The fraction of sp³-hybridized carbons (Fsp3) is 0.292. The number of nitrogens with zero attached hydrogens (tertiary/aromatic N) is 6. The molecule has 0 aliphatic carbocycles. The monoisotopic (exact) mass is 545 g/mol. The maximum absolute atomic E-state index is 14.9. The average molecular weight is 545 g/mol. The van der Waals surface area contributed by atoms with Crippen LogP contribution >= 0.6 is 0 Å². The highest BCUT2D eigenvalue weighted by atomic mass is 19.4. The third kappa shape index (κ3) is 4.47. The first kappa shape index (κ1) is 25.9. The maximum Gasteiger partial charge on any atom is 0.408 e. The number of nitrogen functional groups attached to an aromatic ring is 1. The molecule has 0 spiro atoms. The molecule has 4 heterocycles. The van der Waals surface area contributed by atoms with Crippen molar-refractivity contribution >= 4 is 28.4 Å². The van der Waals surface area contributed by atoms with E-state index >= 15 is 0 Å². The van der Waals surface area contributed by atoms with Gasteiger partial charge in [-0.3, -0.25) is 9.48 Å². The maximum atomic E-state index is 14.9. The molecule has 1 aliphatic rings. The molecule has 0 unspecified atom stereocenters. The van der Waals surface area contributed by atoms with Gasteiger partial charge in [0.15, 0.2) is 5.82 Å². The number of nitrogens with two attached hydrogens (primary N) is 1. The Bertz CT molecular complexity index is 1610. The first-order valence-corrected chi connectivity index (χ1v) is 11.6. The van der Waals surface area contributed by atoms with Gasteiger partial charge in [-0.05, 0) is 19.1 Å². The van der Waals surface area contributed by atoms with E-state index in [1.165, 1.54) is 15.9 Å². The Balaban J connectivity index is 1.40. The number of carbonyl (C=O) groups is 1. The van der Waals surface area contributed by atoms with Crippen molar-refractivity contribution in [3.05, 3.63) is 54.1 Å². The minimum Gasteiger partial charge on any atom is -0.382 e. The van der Waals surface area contributed by atoms with Crippen molar-refractivity contribution in [3.63, 3.8) is 0 Å². The summed E-state index contributed by atoms with van der Waals surface area (Å²) in [5.74, 6) is -3.46. The Kier molecular flexibility index (Phi) is 6.12. The fourth-order valence-corrected chi connectivity index (χ4v) is 4.53. The van der Waals surface area contributed by atoms with Gasteiger partial charge in [-0.25, -0.2) is 18.7 Å². The molecule has 1 aromatic carbocycles. The molecule has 0 bridgehead atoms. The number of benzene rings is 1. The van der Waals surface area contributed by atoms with Gasteiger partial charge in [-0.1, -0.05) is 0 Å². The lowest BCUT2D eigenvalue weighted by Crippen LogP contribution is -2.63. The number of aromatic amines is 1. The van der Waals surface area contributed by atoms with Crippen molar-refractivity contribution in [1.29, 1.82) is 5.26 Å². The summed E-state index contributed by atoms with van der Waals surface area (Å²) in [5, 5.41) is 16.2. The number of halogens is 5. The number of rotatable bonds is 6. The number of hydrogen-bond donors (Lipinski definition) is 3. The standard InChI is InChI=1S/C24H20F5N9O/c1-12(24(27,28)29)35-22(39)14-6-17(26)18(7-16(14)25)37-9-23(10-37,3-4-30)38-8-15(20(31)36-38)19-13-2-5-32-21(13)34-11-33-19/h2,5-8,11-12H,3,9-10H2,1H3,(H2,31,36)(H,35,39)(H,32,33,34)/t12-/m0/s1. The number of anilines is 2. The molecule has 10 nitrogen and oxygen atoms in total. The van der Waals surface area contributed by atoms with E-state index in [2.05, 4.69) is 26.1 Å². The number of hydrogen-bond acceptors (Lipinski definition) is 7. The summed E-state index contributed by atoms with van der Waals surface area (Å²) in [5.41, 5.74) is 5.79. The van der Waals surface area contributed by atoms with Gasteiger partial charge in [0.2, 0.25) is 0 Å². The highest BCUT2D eigenvalue weighted by molar-refractivity contribution is 5.95. The summed E-state index contributed by atoms with van der Waals surface area (Å²) in [4.78, 5) is 25.0. The second-order valence-electron chi connectivity index (χ2n) is 9.27. The van der Waals surface area contributed by atoms with Gasteiger partial charge in [0.05, 0.1) is 35.0 Å². The molecule has 3 aromatic heterocycles. The third-order valence-corrected chi connectivity index (χ3v) is 6.68. The Morgan fingerprint density at radius 2 is 2.03 bits per heavy atom. The molecule has 39 heavy (non-hydrogen) atoms. The van der Waals surface area contributed by atoms with Crippen molar-refractivity contribution in [2.45, 2.75) is 31.1 Å². The van der Waals surface area contributed by atoms with Crippen LogP contribution in [-0.4, -0.2) is 55.9 Å². The zero-order valence-corrected chi connectivity index (χ0v) is 20.2. The van der Waals surface area contributed by atoms with Gasteiger partial charge >= 0.3 is 6.18 Å². The largest absolute Gasteiger partial charge is 0.408 e. The van der Waals surface area contributed by atoms with Crippen LogP contribution in [0, 0.1) is 23.0 Å². The summed E-state index contributed by atoms with van der Waals surface area (Å²) < 4.78 is 69.4. The topological polar surface area (TPSA) is 142 Å². The summed E-state index contributed by atoms with van der Waals surface area (Å²) >= 11 is 0. The van der Waals surface area contributed by atoms with Gasteiger partial charge in [0, 0.05) is 36.9 Å². The zero-order valence-electron chi connectivity index (χ0n) is 20.2. The lowest BCUT2D eigenvalue weighted by atomic mass is 9.86. The number of aromatic nitrogens is 5. The van der Waals surface area contributed by atoms with E-state index in [0.29, 0.717) is 35.3 Å². The van der Waals surface area contributed by atoms with E-state index in [4.69, 9.17) is 5.73 Å². The Morgan fingerprint density at radius 3 is 2.72 bits per heavy atom. The quantitative estimate of drug-likeness (QED) is 0.315. The lowest BCUT2D eigenvalue weighted by Gasteiger charge is -2.50. The van der Waals surface area contributed by atoms with Crippen LogP contribution in [0.25, 0.3) is 22.3 Å². The molecule has 1 saturated heterocycles. The van der Waals surface area contributed by atoms with Crippen LogP contribution in [0.4, 0.5) is 33.5 Å². The van der Waals surface area contributed by atoms with Crippen LogP contribution < -0.4 is 16.0 Å². The van der Waals surface area contributed by atoms with Gasteiger partial charge < -0.3 is 20.9 Å². The first-order valence-electron chi connectivity index (χ1n) is 11.6. The van der Waals surface area contributed by atoms with E-state index in [0.717, 1.165) is 6.07 Å². The van der Waals surface area contributed by atoms with Crippen molar-refractivity contribution in [2.75, 3.05) is 23.7 Å².